The first-order valence-corrected chi connectivity index (χ1v) is 7.27. The van der Waals surface area contributed by atoms with Crippen LogP contribution in [-0.2, 0) is 12.6 Å². The molecule has 1 aromatic rings. The molecule has 1 radical (unpaired) electrons. The van der Waals surface area contributed by atoms with Gasteiger partial charge in [-0.3, -0.25) is 0 Å². The van der Waals surface area contributed by atoms with E-state index < -0.39 is 11.7 Å². The molecule has 0 amide bonds. The summed E-state index contributed by atoms with van der Waals surface area (Å²) in [6.07, 6.45) is 5.10. The number of alkyl halides is 3. The number of hydrogen-bond donors (Lipinski definition) is 2. The maximum absolute atomic E-state index is 12.4. The third-order valence-corrected chi connectivity index (χ3v) is 3.37. The number of nitrogens with one attached hydrogen (secondary N) is 2. The Morgan fingerprint density at radius 3 is 2.50 bits per heavy atom. The van der Waals surface area contributed by atoms with E-state index in [0.29, 0.717) is 18.1 Å². The van der Waals surface area contributed by atoms with Gasteiger partial charge in [0.25, 0.3) is 0 Å². The first-order chi connectivity index (χ1) is 10.4. The van der Waals surface area contributed by atoms with Gasteiger partial charge in [-0.1, -0.05) is 24.3 Å². The lowest BCUT2D eigenvalue weighted by Gasteiger charge is -2.13. The van der Waals surface area contributed by atoms with Crippen molar-refractivity contribution in [2.24, 2.45) is 0 Å². The maximum Gasteiger partial charge on any atom is 0.416 e. The summed E-state index contributed by atoms with van der Waals surface area (Å²) in [5.74, 6) is 0. The summed E-state index contributed by atoms with van der Waals surface area (Å²) in [6, 6.07) is 5.17. The number of rotatable bonds is 4. The van der Waals surface area contributed by atoms with Crippen LogP contribution in [0.1, 0.15) is 17.5 Å². The van der Waals surface area contributed by atoms with Crippen molar-refractivity contribution in [3.63, 3.8) is 0 Å². The SMILES string of the molecule is FC(F)(F)c1ccc(CCNC(=S)NC2=CC[CH]C=C2)cc1. The Bertz CT molecular complexity index is 574. The molecule has 0 heterocycles. The summed E-state index contributed by atoms with van der Waals surface area (Å²) in [6.45, 7) is 0.556. The van der Waals surface area contributed by atoms with Gasteiger partial charge in [0.1, 0.15) is 0 Å². The van der Waals surface area contributed by atoms with Gasteiger partial charge in [-0.05, 0) is 55.3 Å². The summed E-state index contributed by atoms with van der Waals surface area (Å²) in [5, 5.41) is 6.60. The molecule has 2 rings (SSSR count). The first-order valence-electron chi connectivity index (χ1n) is 6.86. The van der Waals surface area contributed by atoms with Crippen LogP contribution in [0, 0.1) is 6.42 Å². The van der Waals surface area contributed by atoms with Crippen molar-refractivity contribution >= 4 is 17.3 Å². The van der Waals surface area contributed by atoms with E-state index >= 15 is 0 Å². The van der Waals surface area contributed by atoms with Crippen molar-refractivity contribution in [1.82, 2.24) is 10.6 Å². The molecule has 2 nitrogen and oxygen atoms in total. The van der Waals surface area contributed by atoms with Crippen LogP contribution in [0.2, 0.25) is 0 Å². The second kappa shape index (κ2) is 7.45. The molecule has 0 fully saturated rings. The second-order valence-corrected chi connectivity index (χ2v) is 5.22. The zero-order chi connectivity index (χ0) is 16.0. The van der Waals surface area contributed by atoms with Gasteiger partial charge in [-0.15, -0.1) is 0 Å². The molecule has 0 spiro atoms. The average Bonchev–Trinajstić information content (AvgIpc) is 2.48. The Balaban J connectivity index is 1.75. The highest BCUT2D eigenvalue weighted by atomic mass is 32.1. The molecule has 0 atom stereocenters. The smallest absolute Gasteiger partial charge is 0.362 e. The van der Waals surface area contributed by atoms with Crippen LogP contribution in [0.5, 0.6) is 0 Å². The van der Waals surface area contributed by atoms with Crippen LogP contribution < -0.4 is 10.6 Å². The lowest BCUT2D eigenvalue weighted by molar-refractivity contribution is -0.137. The monoisotopic (exact) mass is 325 g/mol. The van der Waals surface area contributed by atoms with E-state index in [1.165, 1.54) is 12.1 Å². The van der Waals surface area contributed by atoms with Crippen molar-refractivity contribution in [3.8, 4) is 0 Å². The molecule has 1 aliphatic rings. The topological polar surface area (TPSA) is 24.1 Å². The quantitative estimate of drug-likeness (QED) is 0.824. The van der Waals surface area contributed by atoms with Crippen LogP contribution in [0.4, 0.5) is 13.2 Å². The van der Waals surface area contributed by atoms with E-state index in [9.17, 15) is 13.2 Å². The van der Waals surface area contributed by atoms with Crippen molar-refractivity contribution in [2.75, 3.05) is 6.54 Å². The molecular formula is C16H16F3N2S. The zero-order valence-electron chi connectivity index (χ0n) is 11.8. The summed E-state index contributed by atoms with van der Waals surface area (Å²) >= 11 is 5.16. The van der Waals surface area contributed by atoms with E-state index in [4.69, 9.17) is 12.2 Å². The Morgan fingerprint density at radius 1 is 1.18 bits per heavy atom. The Labute approximate surface area is 133 Å². The summed E-state index contributed by atoms with van der Waals surface area (Å²) in [5.41, 5.74) is 1.14. The minimum Gasteiger partial charge on any atom is -0.362 e. The fourth-order valence-electron chi connectivity index (χ4n) is 1.96. The first kappa shape index (κ1) is 16.5. The fourth-order valence-corrected chi connectivity index (χ4v) is 2.18. The predicted octanol–water partition coefficient (Wildman–Crippen LogP) is 3.76. The number of hydrogen-bond acceptors (Lipinski definition) is 1. The van der Waals surface area contributed by atoms with Gasteiger partial charge in [0.15, 0.2) is 5.11 Å². The highest BCUT2D eigenvalue weighted by Crippen LogP contribution is 2.29. The molecule has 0 bridgehead atoms. The highest BCUT2D eigenvalue weighted by molar-refractivity contribution is 7.80. The van der Waals surface area contributed by atoms with Gasteiger partial charge in [-0.2, -0.15) is 13.2 Å². The summed E-state index contributed by atoms with van der Waals surface area (Å²) < 4.78 is 37.3. The molecule has 22 heavy (non-hydrogen) atoms. The third-order valence-electron chi connectivity index (χ3n) is 3.12. The minimum atomic E-state index is -4.29. The van der Waals surface area contributed by atoms with E-state index in [1.54, 1.807) is 0 Å². The Kier molecular flexibility index (Phi) is 5.60. The van der Waals surface area contributed by atoms with Crippen molar-refractivity contribution in [2.45, 2.75) is 19.0 Å². The molecule has 1 aliphatic carbocycles. The normalized spacial score (nSPS) is 14.4. The van der Waals surface area contributed by atoms with Gasteiger partial charge in [0.05, 0.1) is 5.56 Å². The molecule has 6 heteroatoms. The van der Waals surface area contributed by atoms with Crippen molar-refractivity contribution in [3.05, 3.63) is 65.7 Å². The van der Waals surface area contributed by atoms with Gasteiger partial charge in [-0.25, -0.2) is 0 Å². The second-order valence-electron chi connectivity index (χ2n) is 4.82. The third kappa shape index (κ3) is 5.18. The van der Waals surface area contributed by atoms with Crippen LogP contribution in [0.25, 0.3) is 0 Å². The number of thiocarbonyl (C=S) groups is 1. The van der Waals surface area contributed by atoms with Crippen molar-refractivity contribution < 1.29 is 13.2 Å². The Morgan fingerprint density at radius 2 is 1.91 bits per heavy atom. The van der Waals surface area contributed by atoms with Gasteiger partial charge in [0.2, 0.25) is 0 Å². The molecular weight excluding hydrogens is 309 g/mol. The molecule has 0 saturated carbocycles. The molecule has 0 saturated heterocycles. The maximum atomic E-state index is 12.4. The van der Waals surface area contributed by atoms with Crippen LogP contribution in [0.3, 0.4) is 0 Å². The van der Waals surface area contributed by atoms with E-state index in [-0.39, 0.29) is 0 Å². The van der Waals surface area contributed by atoms with E-state index in [2.05, 4.69) is 10.6 Å². The largest absolute Gasteiger partial charge is 0.416 e. The minimum absolute atomic E-state index is 0.504. The molecule has 1 aromatic carbocycles. The molecule has 2 N–H and O–H groups in total. The van der Waals surface area contributed by atoms with Crippen LogP contribution in [0.15, 0.2) is 48.2 Å². The standard InChI is InChI=1S/C16H16F3N2S/c17-16(18,19)13-8-6-12(7-9-13)10-11-20-15(22)21-14-4-2-1-3-5-14/h1-2,4-9H,3,10-11H2,(H2,20,21,22). The summed E-state index contributed by atoms with van der Waals surface area (Å²) in [7, 11) is 0. The number of allylic oxidation sites excluding steroid dienone is 3. The van der Waals surface area contributed by atoms with E-state index in [1.807, 2.05) is 24.6 Å². The lowest BCUT2D eigenvalue weighted by atomic mass is 10.1. The molecule has 0 aliphatic heterocycles. The zero-order valence-corrected chi connectivity index (χ0v) is 12.6. The van der Waals surface area contributed by atoms with E-state index in [0.717, 1.165) is 29.8 Å². The lowest BCUT2D eigenvalue weighted by Crippen LogP contribution is -2.35. The molecule has 0 aromatic heterocycles. The van der Waals surface area contributed by atoms with Gasteiger partial charge >= 0.3 is 6.18 Å². The Hall–Kier alpha value is -1.82. The van der Waals surface area contributed by atoms with Gasteiger partial charge < -0.3 is 10.6 Å². The average molecular weight is 325 g/mol. The predicted molar refractivity (Wildman–Crippen MR) is 85.0 cm³/mol. The molecule has 117 valence electrons. The van der Waals surface area contributed by atoms with Crippen LogP contribution in [-0.4, -0.2) is 11.7 Å². The number of benzene rings is 1. The summed E-state index contributed by atoms with van der Waals surface area (Å²) in [4.78, 5) is 0. The van der Waals surface area contributed by atoms with Gasteiger partial charge in [0, 0.05) is 12.2 Å². The van der Waals surface area contributed by atoms with Crippen molar-refractivity contribution in [1.29, 1.82) is 0 Å². The fraction of sp³-hybridized carbons (Fsp3) is 0.250. The van der Waals surface area contributed by atoms with Crippen LogP contribution >= 0.6 is 12.2 Å². The number of halogens is 3. The highest BCUT2D eigenvalue weighted by Gasteiger charge is 2.29. The molecule has 0 unspecified atom stereocenters.